The van der Waals surface area contributed by atoms with Gasteiger partial charge in [0.2, 0.25) is 0 Å². The van der Waals surface area contributed by atoms with E-state index < -0.39 is 12.2 Å². The maximum Gasteiger partial charge on any atom is 0.403 e. The molecule has 1 unspecified atom stereocenters. The Morgan fingerprint density at radius 1 is 1.13 bits per heavy atom. The van der Waals surface area contributed by atoms with Crippen LogP contribution in [0, 0.1) is 0 Å². The van der Waals surface area contributed by atoms with Gasteiger partial charge in [0.15, 0.2) is 5.96 Å². The van der Waals surface area contributed by atoms with Gasteiger partial charge in [0.25, 0.3) is 0 Å². The summed E-state index contributed by atoms with van der Waals surface area (Å²) in [6.45, 7) is 8.17. The van der Waals surface area contributed by atoms with Crippen LogP contribution >= 0.6 is 24.0 Å². The van der Waals surface area contributed by atoms with E-state index >= 15 is 0 Å². The van der Waals surface area contributed by atoms with Crippen LogP contribution in [0.25, 0.3) is 0 Å². The molecule has 5 nitrogen and oxygen atoms in total. The highest BCUT2D eigenvalue weighted by molar-refractivity contribution is 14.0. The van der Waals surface area contributed by atoms with Crippen molar-refractivity contribution in [1.29, 1.82) is 0 Å². The number of alkyl halides is 3. The first-order chi connectivity index (χ1) is 13.9. The molecule has 0 aromatic heterocycles. The minimum Gasteiger partial charge on any atom is -0.364 e. The lowest BCUT2D eigenvalue weighted by atomic mass is 10.2. The zero-order valence-corrected chi connectivity index (χ0v) is 19.9. The molecule has 1 atom stereocenters. The van der Waals surface area contributed by atoms with Crippen LogP contribution in [0.4, 0.5) is 18.9 Å². The SMILES string of the molecule is CCNC(=NCc1cccc(N2CC=CC2)c1)N1CCN(C(C)C(F)(F)F)CC1.I. The minimum atomic E-state index is -4.18. The minimum absolute atomic E-state index is 0. The van der Waals surface area contributed by atoms with Crippen molar-refractivity contribution >= 4 is 35.6 Å². The number of nitrogens with one attached hydrogen (secondary N) is 1. The first-order valence-corrected chi connectivity index (χ1v) is 10.2. The van der Waals surface area contributed by atoms with Crippen LogP contribution < -0.4 is 10.2 Å². The Hall–Kier alpha value is -1.49. The van der Waals surface area contributed by atoms with Crippen molar-refractivity contribution in [3.63, 3.8) is 0 Å². The van der Waals surface area contributed by atoms with Crippen molar-refractivity contribution in [3.05, 3.63) is 42.0 Å². The maximum absolute atomic E-state index is 13.0. The van der Waals surface area contributed by atoms with Crippen LogP contribution in [0.5, 0.6) is 0 Å². The molecule has 1 fully saturated rings. The van der Waals surface area contributed by atoms with Crippen LogP contribution in [0.1, 0.15) is 19.4 Å². The van der Waals surface area contributed by atoms with Crippen LogP contribution in [-0.2, 0) is 6.54 Å². The van der Waals surface area contributed by atoms with E-state index in [0.29, 0.717) is 32.7 Å². The maximum atomic E-state index is 13.0. The number of anilines is 1. The number of guanidine groups is 1. The van der Waals surface area contributed by atoms with Gasteiger partial charge in [0.05, 0.1) is 6.54 Å². The largest absolute Gasteiger partial charge is 0.403 e. The first kappa shape index (κ1) is 24.8. The molecule has 0 saturated carbocycles. The van der Waals surface area contributed by atoms with Gasteiger partial charge < -0.3 is 15.1 Å². The van der Waals surface area contributed by atoms with E-state index in [0.717, 1.165) is 31.2 Å². The van der Waals surface area contributed by atoms with Crippen LogP contribution in [0.15, 0.2) is 41.4 Å². The summed E-state index contributed by atoms with van der Waals surface area (Å²) >= 11 is 0. The summed E-state index contributed by atoms with van der Waals surface area (Å²) in [7, 11) is 0. The first-order valence-electron chi connectivity index (χ1n) is 10.2. The fourth-order valence-corrected chi connectivity index (χ4v) is 3.66. The number of benzene rings is 1. The second-order valence-corrected chi connectivity index (χ2v) is 7.46. The summed E-state index contributed by atoms with van der Waals surface area (Å²) in [5.74, 6) is 0.764. The Labute approximate surface area is 194 Å². The molecule has 2 aliphatic rings. The lowest BCUT2D eigenvalue weighted by Gasteiger charge is -2.39. The second kappa shape index (κ2) is 11.2. The molecule has 1 N–H and O–H groups in total. The fourth-order valence-electron chi connectivity index (χ4n) is 3.66. The van der Waals surface area contributed by atoms with Gasteiger partial charge in [-0.05, 0) is 31.5 Å². The molecule has 168 valence electrons. The zero-order valence-electron chi connectivity index (χ0n) is 17.5. The molecule has 1 aromatic carbocycles. The van der Waals surface area contributed by atoms with E-state index in [1.54, 1.807) is 0 Å². The molecule has 2 aliphatic heterocycles. The molecular weight excluding hydrogens is 506 g/mol. The average molecular weight is 537 g/mol. The highest BCUT2D eigenvalue weighted by atomic mass is 127. The van der Waals surface area contributed by atoms with Crippen LogP contribution in [0.3, 0.4) is 0 Å². The molecular formula is C21H31F3IN5. The number of halogens is 4. The molecule has 3 rings (SSSR count). The van der Waals surface area contributed by atoms with Crippen molar-refractivity contribution in [2.75, 3.05) is 50.7 Å². The third-order valence-electron chi connectivity index (χ3n) is 5.48. The van der Waals surface area contributed by atoms with E-state index in [-0.39, 0.29) is 24.0 Å². The number of hydrogen-bond donors (Lipinski definition) is 1. The van der Waals surface area contributed by atoms with Crippen molar-refractivity contribution in [2.24, 2.45) is 4.99 Å². The Bertz CT molecular complexity index is 722. The second-order valence-electron chi connectivity index (χ2n) is 7.46. The molecule has 9 heteroatoms. The number of hydrogen-bond acceptors (Lipinski definition) is 3. The van der Waals surface area contributed by atoms with Gasteiger partial charge >= 0.3 is 6.18 Å². The molecule has 1 aromatic rings. The van der Waals surface area contributed by atoms with E-state index in [2.05, 4.69) is 45.5 Å². The van der Waals surface area contributed by atoms with E-state index in [9.17, 15) is 13.2 Å². The van der Waals surface area contributed by atoms with Gasteiger partial charge in [0.1, 0.15) is 6.04 Å². The van der Waals surface area contributed by atoms with Gasteiger partial charge in [-0.25, -0.2) is 4.99 Å². The van der Waals surface area contributed by atoms with Crippen molar-refractivity contribution < 1.29 is 13.2 Å². The summed E-state index contributed by atoms with van der Waals surface area (Å²) in [5, 5.41) is 3.28. The normalized spacial score (nSPS) is 19.0. The van der Waals surface area contributed by atoms with Gasteiger partial charge in [0, 0.05) is 51.5 Å². The van der Waals surface area contributed by atoms with Crippen molar-refractivity contribution in [2.45, 2.75) is 32.6 Å². The highest BCUT2D eigenvalue weighted by Gasteiger charge is 2.41. The smallest absolute Gasteiger partial charge is 0.364 e. The monoisotopic (exact) mass is 537 g/mol. The lowest BCUT2D eigenvalue weighted by molar-refractivity contribution is -0.181. The number of aliphatic imine (C=N–C) groups is 1. The summed E-state index contributed by atoms with van der Waals surface area (Å²) in [4.78, 5) is 10.6. The Morgan fingerprint density at radius 3 is 2.40 bits per heavy atom. The van der Waals surface area contributed by atoms with Gasteiger partial charge in [-0.2, -0.15) is 13.2 Å². The van der Waals surface area contributed by atoms with E-state index in [1.807, 2.05) is 13.0 Å². The molecule has 0 bridgehead atoms. The summed E-state index contributed by atoms with van der Waals surface area (Å²) in [6, 6.07) is 6.95. The van der Waals surface area contributed by atoms with Crippen LogP contribution in [0.2, 0.25) is 0 Å². The predicted molar refractivity (Wildman–Crippen MR) is 127 cm³/mol. The molecule has 2 heterocycles. The predicted octanol–water partition coefficient (Wildman–Crippen LogP) is 3.71. The number of rotatable bonds is 5. The molecule has 0 amide bonds. The molecule has 30 heavy (non-hydrogen) atoms. The molecule has 1 saturated heterocycles. The average Bonchev–Trinajstić information content (AvgIpc) is 3.25. The highest BCUT2D eigenvalue weighted by Crippen LogP contribution is 2.25. The molecule has 0 aliphatic carbocycles. The van der Waals surface area contributed by atoms with Crippen molar-refractivity contribution in [1.82, 2.24) is 15.1 Å². The number of piperazine rings is 1. The van der Waals surface area contributed by atoms with E-state index in [1.165, 1.54) is 17.5 Å². The van der Waals surface area contributed by atoms with Crippen molar-refractivity contribution in [3.8, 4) is 0 Å². The summed E-state index contributed by atoms with van der Waals surface area (Å²) < 4.78 is 38.9. The summed E-state index contributed by atoms with van der Waals surface area (Å²) in [6.07, 6.45) is 0.136. The zero-order chi connectivity index (χ0) is 20.9. The molecule has 0 spiro atoms. The van der Waals surface area contributed by atoms with Gasteiger partial charge in [-0.15, -0.1) is 24.0 Å². The van der Waals surface area contributed by atoms with Gasteiger partial charge in [-0.3, -0.25) is 4.90 Å². The standard InChI is InChI=1S/C21H30F3N5.HI/c1-3-25-20(29-13-11-27(12-14-29)17(2)21(22,23)24)26-16-18-7-6-8-19(15-18)28-9-4-5-10-28;/h4-8,15,17H,3,9-14,16H2,1-2H3,(H,25,26);1H. The van der Waals surface area contributed by atoms with E-state index in [4.69, 9.17) is 4.99 Å². The molecule has 0 radical (unpaired) electrons. The number of nitrogens with zero attached hydrogens (tertiary/aromatic N) is 4. The summed E-state index contributed by atoms with van der Waals surface area (Å²) in [5.41, 5.74) is 2.30. The van der Waals surface area contributed by atoms with Crippen LogP contribution in [-0.4, -0.2) is 73.8 Å². The Balaban J connectivity index is 0.00000320. The topological polar surface area (TPSA) is 34.1 Å². The fraction of sp³-hybridized carbons (Fsp3) is 0.571. The lowest BCUT2D eigenvalue weighted by Crippen LogP contribution is -2.56. The third-order valence-corrected chi connectivity index (χ3v) is 5.48. The van der Waals surface area contributed by atoms with Gasteiger partial charge in [-0.1, -0.05) is 24.3 Å². The third kappa shape index (κ3) is 6.50. The Kier molecular flexibility index (Phi) is 9.27. The quantitative estimate of drug-likeness (QED) is 0.269. The Morgan fingerprint density at radius 2 is 1.80 bits per heavy atom.